The number of Topliss-reactive ketones (excluding diaryl/α,β-unsaturated/α-hetero) is 2. The van der Waals surface area contributed by atoms with E-state index in [0.29, 0.717) is 48.7 Å². The van der Waals surface area contributed by atoms with Crippen LogP contribution in [-0.2, 0) is 19.1 Å². The molecule has 0 heterocycles. The van der Waals surface area contributed by atoms with Gasteiger partial charge < -0.3 is 9.47 Å². The van der Waals surface area contributed by atoms with Crippen LogP contribution in [0.25, 0.3) is 0 Å². The molecule has 0 fully saturated rings. The molecule has 0 atom stereocenters. The lowest BCUT2D eigenvalue weighted by molar-refractivity contribution is -0.133. The van der Waals surface area contributed by atoms with Gasteiger partial charge in [-0.05, 0) is 39.5 Å². The molecule has 0 amide bonds. The quantitative estimate of drug-likeness (QED) is 0.450. The van der Waals surface area contributed by atoms with Gasteiger partial charge in [-0.2, -0.15) is 0 Å². The molecule has 1 aliphatic carbocycles. The number of rotatable bonds is 10. The van der Waals surface area contributed by atoms with E-state index in [0.717, 1.165) is 25.7 Å². The Balaban J connectivity index is 3.33. The minimum atomic E-state index is -0.411. The molecular weight excluding hydrogens is 280 g/mol. The van der Waals surface area contributed by atoms with Gasteiger partial charge in [0.2, 0.25) is 11.6 Å². The van der Waals surface area contributed by atoms with Crippen LogP contribution >= 0.6 is 0 Å². The van der Waals surface area contributed by atoms with Crippen LogP contribution < -0.4 is 0 Å². The second kappa shape index (κ2) is 9.44. The van der Waals surface area contributed by atoms with Gasteiger partial charge in [0.1, 0.15) is 0 Å². The second-order valence-electron chi connectivity index (χ2n) is 5.35. The topological polar surface area (TPSA) is 52.6 Å². The van der Waals surface area contributed by atoms with Crippen molar-refractivity contribution >= 4 is 11.6 Å². The normalized spacial score (nSPS) is 15.6. The maximum atomic E-state index is 12.5. The van der Waals surface area contributed by atoms with Crippen molar-refractivity contribution in [2.75, 3.05) is 13.2 Å². The third kappa shape index (κ3) is 4.21. The molecule has 0 aromatic carbocycles. The van der Waals surface area contributed by atoms with Crippen molar-refractivity contribution in [3.05, 3.63) is 22.7 Å². The first kappa shape index (κ1) is 18.5. The molecule has 4 heteroatoms. The van der Waals surface area contributed by atoms with Gasteiger partial charge in [-0.25, -0.2) is 0 Å². The summed E-state index contributed by atoms with van der Waals surface area (Å²) < 4.78 is 11.4. The first-order valence-electron chi connectivity index (χ1n) is 8.43. The highest BCUT2D eigenvalue weighted by molar-refractivity contribution is 6.50. The highest BCUT2D eigenvalue weighted by Gasteiger charge is 2.36. The van der Waals surface area contributed by atoms with E-state index in [1.807, 2.05) is 13.8 Å². The van der Waals surface area contributed by atoms with Crippen LogP contribution in [0.4, 0.5) is 0 Å². The van der Waals surface area contributed by atoms with Crippen LogP contribution in [0.5, 0.6) is 0 Å². The number of ketones is 2. The zero-order valence-electron chi connectivity index (χ0n) is 14.3. The Labute approximate surface area is 133 Å². The van der Waals surface area contributed by atoms with Crippen molar-refractivity contribution in [2.45, 2.75) is 66.2 Å². The fourth-order valence-electron chi connectivity index (χ4n) is 2.51. The summed E-state index contributed by atoms with van der Waals surface area (Å²) in [6, 6.07) is 0. The smallest absolute Gasteiger partial charge is 0.233 e. The molecule has 0 unspecified atom stereocenters. The molecule has 22 heavy (non-hydrogen) atoms. The van der Waals surface area contributed by atoms with Gasteiger partial charge in [-0.1, -0.05) is 26.7 Å². The number of ether oxygens (including phenoxy) is 2. The monoisotopic (exact) mass is 308 g/mol. The predicted octanol–water partition coefficient (Wildman–Crippen LogP) is 4.10. The third-order valence-corrected chi connectivity index (χ3v) is 3.65. The molecule has 1 rings (SSSR count). The maximum absolute atomic E-state index is 12.5. The van der Waals surface area contributed by atoms with E-state index in [9.17, 15) is 9.59 Å². The van der Waals surface area contributed by atoms with Crippen LogP contribution in [-0.4, -0.2) is 24.8 Å². The van der Waals surface area contributed by atoms with Crippen LogP contribution in [0.15, 0.2) is 22.7 Å². The van der Waals surface area contributed by atoms with Crippen molar-refractivity contribution in [3.8, 4) is 0 Å². The van der Waals surface area contributed by atoms with Crippen molar-refractivity contribution in [1.82, 2.24) is 0 Å². The molecule has 1 aliphatic rings. The highest BCUT2D eigenvalue weighted by Crippen LogP contribution is 2.33. The summed E-state index contributed by atoms with van der Waals surface area (Å²) in [5.74, 6) is 0.167. The van der Waals surface area contributed by atoms with Crippen LogP contribution in [0.2, 0.25) is 0 Å². The fraction of sp³-hybridized carbons (Fsp3) is 0.667. The van der Waals surface area contributed by atoms with Crippen LogP contribution in [0, 0.1) is 0 Å². The van der Waals surface area contributed by atoms with Gasteiger partial charge in [0.05, 0.1) is 13.2 Å². The minimum absolute atomic E-state index is 0.411. The Kier molecular flexibility index (Phi) is 7.92. The minimum Gasteiger partial charge on any atom is -0.490 e. The first-order chi connectivity index (χ1) is 10.6. The Morgan fingerprint density at radius 1 is 0.682 bits per heavy atom. The Bertz CT molecular complexity index is 427. The van der Waals surface area contributed by atoms with Gasteiger partial charge in [0.25, 0.3) is 0 Å². The Morgan fingerprint density at radius 2 is 1.05 bits per heavy atom. The van der Waals surface area contributed by atoms with Crippen molar-refractivity contribution < 1.29 is 19.1 Å². The molecular formula is C18H28O4. The van der Waals surface area contributed by atoms with Gasteiger partial charge in [0.15, 0.2) is 11.5 Å². The molecule has 0 aromatic heterocycles. The molecule has 0 bridgehead atoms. The van der Waals surface area contributed by atoms with Crippen LogP contribution in [0.3, 0.4) is 0 Å². The number of allylic oxidation sites excluding steroid dienone is 2. The summed E-state index contributed by atoms with van der Waals surface area (Å²) in [7, 11) is 0. The first-order valence-corrected chi connectivity index (χ1v) is 8.43. The largest absolute Gasteiger partial charge is 0.490 e. The SMILES string of the molecule is CCCCC1=C(OCC)C(OCC)=C(CCCC)C(=O)C1=O. The van der Waals surface area contributed by atoms with Gasteiger partial charge in [0, 0.05) is 11.1 Å². The molecule has 0 saturated carbocycles. The molecule has 0 saturated heterocycles. The zero-order chi connectivity index (χ0) is 16.5. The summed E-state index contributed by atoms with van der Waals surface area (Å²) in [6.45, 7) is 8.76. The van der Waals surface area contributed by atoms with Gasteiger partial charge in [-0.15, -0.1) is 0 Å². The molecule has 0 aliphatic heterocycles. The summed E-state index contributed by atoms with van der Waals surface area (Å²) in [6.07, 6.45) is 4.76. The van der Waals surface area contributed by atoms with Crippen LogP contribution in [0.1, 0.15) is 66.2 Å². The number of unbranched alkanes of at least 4 members (excludes halogenated alkanes) is 2. The fourth-order valence-corrected chi connectivity index (χ4v) is 2.51. The third-order valence-electron chi connectivity index (χ3n) is 3.65. The summed E-state index contributed by atoms with van der Waals surface area (Å²) in [5, 5.41) is 0. The number of carbonyl (C=O) groups excluding carboxylic acids is 2. The molecule has 124 valence electrons. The van der Waals surface area contributed by atoms with E-state index < -0.39 is 11.6 Å². The summed E-state index contributed by atoms with van der Waals surface area (Å²) in [4.78, 5) is 24.9. The van der Waals surface area contributed by atoms with Gasteiger partial charge >= 0.3 is 0 Å². The standard InChI is InChI=1S/C18H28O4/c1-5-9-11-13-15(19)16(20)14(12-10-6-2)18(22-8-4)17(13)21-7-3/h5-12H2,1-4H3. The lowest BCUT2D eigenvalue weighted by Crippen LogP contribution is -2.28. The van der Waals surface area contributed by atoms with Crippen molar-refractivity contribution in [1.29, 1.82) is 0 Å². The lowest BCUT2D eigenvalue weighted by Gasteiger charge is -2.24. The van der Waals surface area contributed by atoms with E-state index in [1.165, 1.54) is 0 Å². The second-order valence-corrected chi connectivity index (χ2v) is 5.35. The number of carbonyl (C=O) groups is 2. The Hall–Kier alpha value is -1.58. The van der Waals surface area contributed by atoms with Crippen molar-refractivity contribution in [3.63, 3.8) is 0 Å². The molecule has 0 N–H and O–H groups in total. The van der Waals surface area contributed by atoms with Gasteiger partial charge in [-0.3, -0.25) is 9.59 Å². The van der Waals surface area contributed by atoms with E-state index in [-0.39, 0.29) is 0 Å². The van der Waals surface area contributed by atoms with E-state index >= 15 is 0 Å². The molecule has 0 radical (unpaired) electrons. The van der Waals surface area contributed by atoms with Crippen molar-refractivity contribution in [2.24, 2.45) is 0 Å². The number of hydrogen-bond acceptors (Lipinski definition) is 4. The molecule has 4 nitrogen and oxygen atoms in total. The summed E-state index contributed by atoms with van der Waals surface area (Å²) in [5.41, 5.74) is 0.967. The lowest BCUT2D eigenvalue weighted by atomic mass is 9.87. The molecule has 0 spiro atoms. The average Bonchev–Trinajstić information content (AvgIpc) is 2.51. The zero-order valence-corrected chi connectivity index (χ0v) is 14.3. The average molecular weight is 308 g/mol. The van der Waals surface area contributed by atoms with E-state index in [1.54, 1.807) is 0 Å². The highest BCUT2D eigenvalue weighted by atomic mass is 16.5. The van der Waals surface area contributed by atoms with E-state index in [4.69, 9.17) is 9.47 Å². The maximum Gasteiger partial charge on any atom is 0.233 e. The predicted molar refractivity (Wildman–Crippen MR) is 86.4 cm³/mol. The summed E-state index contributed by atoms with van der Waals surface area (Å²) >= 11 is 0. The molecule has 0 aromatic rings. The van der Waals surface area contributed by atoms with E-state index in [2.05, 4.69) is 13.8 Å². The number of hydrogen-bond donors (Lipinski definition) is 0. The Morgan fingerprint density at radius 3 is 1.32 bits per heavy atom.